The van der Waals surface area contributed by atoms with Gasteiger partial charge in [0.15, 0.2) is 0 Å². The molecule has 0 bridgehead atoms. The van der Waals surface area contributed by atoms with Crippen molar-refractivity contribution < 1.29 is 0 Å². The first-order valence-corrected chi connectivity index (χ1v) is 12.3. The molecular formula is C32H45N. The number of hydrogen-bond donors (Lipinski definition) is 0. The predicted octanol–water partition coefficient (Wildman–Crippen LogP) is 9.36. The number of aryl methyl sites for hydroxylation is 1. The fourth-order valence-electron chi connectivity index (χ4n) is 3.91. The number of nitrogens with zero attached hydrogens (tertiary/aromatic N) is 1. The largest absolute Gasteiger partial charge is 0.265 e. The van der Waals surface area contributed by atoms with E-state index in [1.54, 1.807) is 0 Å². The first-order valence-electron chi connectivity index (χ1n) is 12.3. The number of fused-ring (bicyclic) bond motifs is 1. The van der Waals surface area contributed by atoms with Crippen molar-refractivity contribution in [1.29, 1.82) is 0 Å². The summed E-state index contributed by atoms with van der Waals surface area (Å²) in [7, 11) is 0. The summed E-state index contributed by atoms with van der Waals surface area (Å²) >= 11 is 0. The average Bonchev–Trinajstić information content (AvgIpc) is 3.38. The van der Waals surface area contributed by atoms with Gasteiger partial charge in [-0.3, -0.25) is 4.99 Å². The predicted molar refractivity (Wildman–Crippen MR) is 148 cm³/mol. The first-order chi connectivity index (χ1) is 15.2. The van der Waals surface area contributed by atoms with Gasteiger partial charge in [0, 0.05) is 23.7 Å². The molecule has 1 heteroatoms. The quantitative estimate of drug-likeness (QED) is 0.384. The zero-order valence-corrected chi connectivity index (χ0v) is 22.7. The van der Waals surface area contributed by atoms with Crippen LogP contribution in [0.2, 0.25) is 0 Å². The summed E-state index contributed by atoms with van der Waals surface area (Å²) in [6.07, 6.45) is 8.64. The third kappa shape index (κ3) is 8.14. The van der Waals surface area contributed by atoms with Crippen LogP contribution in [0.4, 0.5) is 0 Å². The molecule has 0 atom stereocenters. The van der Waals surface area contributed by atoms with E-state index in [-0.39, 0.29) is 16.2 Å². The maximum atomic E-state index is 4.24. The van der Waals surface area contributed by atoms with E-state index >= 15 is 0 Å². The Balaban J connectivity index is 0.000000178. The number of rotatable bonds is 0. The van der Waals surface area contributed by atoms with Crippen LogP contribution >= 0.6 is 0 Å². The Morgan fingerprint density at radius 3 is 1.73 bits per heavy atom. The van der Waals surface area contributed by atoms with Gasteiger partial charge in [0.25, 0.3) is 0 Å². The van der Waals surface area contributed by atoms with Gasteiger partial charge in [-0.05, 0) is 46.4 Å². The van der Waals surface area contributed by atoms with Gasteiger partial charge in [-0.25, -0.2) is 0 Å². The lowest BCUT2D eigenvalue weighted by Gasteiger charge is -2.21. The van der Waals surface area contributed by atoms with Crippen molar-refractivity contribution in [2.24, 2.45) is 15.8 Å². The summed E-state index contributed by atoms with van der Waals surface area (Å²) in [5.74, 6) is 0. The van der Waals surface area contributed by atoms with Crippen molar-refractivity contribution in [3.63, 3.8) is 0 Å². The van der Waals surface area contributed by atoms with Crippen LogP contribution in [0.25, 0.3) is 5.57 Å². The molecule has 0 saturated heterocycles. The molecule has 33 heavy (non-hydrogen) atoms. The zero-order valence-electron chi connectivity index (χ0n) is 22.7. The van der Waals surface area contributed by atoms with Crippen molar-refractivity contribution in [1.82, 2.24) is 0 Å². The fourth-order valence-corrected chi connectivity index (χ4v) is 3.91. The van der Waals surface area contributed by atoms with E-state index in [2.05, 4.69) is 135 Å². The molecule has 0 spiro atoms. The van der Waals surface area contributed by atoms with Crippen molar-refractivity contribution in [2.45, 2.75) is 87.5 Å². The smallest absolute Gasteiger partial charge is 0.0417 e. The summed E-state index contributed by atoms with van der Waals surface area (Å²) in [5, 5.41) is 0. The number of hydrogen-bond acceptors (Lipinski definition) is 1. The van der Waals surface area contributed by atoms with E-state index in [1.165, 1.54) is 33.5 Å². The molecule has 1 nitrogen and oxygen atoms in total. The van der Waals surface area contributed by atoms with Crippen LogP contribution in [-0.2, 0) is 11.8 Å². The van der Waals surface area contributed by atoms with Crippen molar-refractivity contribution >= 4 is 11.8 Å². The zero-order chi connectivity index (χ0) is 24.9. The van der Waals surface area contributed by atoms with Crippen LogP contribution in [0.15, 0.2) is 71.4 Å². The molecule has 0 saturated carbocycles. The second-order valence-electron chi connectivity index (χ2n) is 12.2. The summed E-state index contributed by atoms with van der Waals surface area (Å²) in [6.45, 7) is 22.2. The molecule has 0 radical (unpaired) electrons. The standard InChI is InChI=1S/C13H16.C11H16.C8H13N/c1-13(2,3)12-9-8-10-6-4-5-7-11(10)12;1-9-5-7-10(8-6-9)11(2,3)4;1-8(2,3)7-5-4-6-9-7/h4-7,9H,8H2,1-3H3;5-8H,1-4H3;5-6H,4H2,1-3H3. The second kappa shape index (κ2) is 10.7. The monoisotopic (exact) mass is 443 g/mol. The van der Waals surface area contributed by atoms with Crippen LogP contribution < -0.4 is 0 Å². The molecule has 2 aliphatic rings. The SMILES string of the molecule is CC(C)(C)C1=CCC=N1.CC(C)(C)C1=CCc2ccccc21.Cc1ccc(C(C)(C)C)cc1. The van der Waals surface area contributed by atoms with Crippen LogP contribution in [0.1, 0.15) is 91.0 Å². The lowest BCUT2D eigenvalue weighted by atomic mass is 9.83. The first kappa shape index (κ1) is 26.8. The Kier molecular flexibility index (Phi) is 8.69. The van der Waals surface area contributed by atoms with Gasteiger partial charge < -0.3 is 0 Å². The van der Waals surface area contributed by atoms with Crippen LogP contribution in [-0.4, -0.2) is 6.21 Å². The topological polar surface area (TPSA) is 12.4 Å². The van der Waals surface area contributed by atoms with Gasteiger partial charge in [0.1, 0.15) is 0 Å². The normalized spacial score (nSPS) is 15.0. The van der Waals surface area contributed by atoms with Crippen molar-refractivity contribution in [3.8, 4) is 0 Å². The van der Waals surface area contributed by atoms with Crippen LogP contribution in [0.5, 0.6) is 0 Å². The van der Waals surface area contributed by atoms with E-state index in [1.807, 2.05) is 6.21 Å². The molecule has 2 aromatic carbocycles. The minimum absolute atomic E-state index is 0.243. The van der Waals surface area contributed by atoms with Gasteiger partial charge in [-0.2, -0.15) is 0 Å². The summed E-state index contributed by atoms with van der Waals surface area (Å²) < 4.78 is 0. The number of aliphatic imine (C=N–C) groups is 1. The number of allylic oxidation sites excluding steroid dienone is 4. The third-order valence-electron chi connectivity index (χ3n) is 5.97. The highest BCUT2D eigenvalue weighted by Gasteiger charge is 2.23. The maximum absolute atomic E-state index is 4.24. The van der Waals surface area contributed by atoms with E-state index in [4.69, 9.17) is 0 Å². The highest BCUT2D eigenvalue weighted by Crippen LogP contribution is 2.39. The van der Waals surface area contributed by atoms with E-state index in [0.29, 0.717) is 0 Å². The molecule has 1 heterocycles. The summed E-state index contributed by atoms with van der Waals surface area (Å²) in [4.78, 5) is 4.24. The molecule has 4 rings (SSSR count). The Labute approximate surface area is 203 Å². The van der Waals surface area contributed by atoms with E-state index in [0.717, 1.165) is 12.8 Å². The van der Waals surface area contributed by atoms with Crippen molar-refractivity contribution in [2.75, 3.05) is 0 Å². The minimum Gasteiger partial charge on any atom is -0.265 e. The molecule has 0 amide bonds. The highest BCUT2D eigenvalue weighted by molar-refractivity contribution is 5.76. The molecule has 1 aliphatic carbocycles. The Morgan fingerprint density at radius 2 is 1.27 bits per heavy atom. The van der Waals surface area contributed by atoms with Gasteiger partial charge in [-0.15, -0.1) is 0 Å². The molecule has 0 N–H and O–H groups in total. The molecule has 0 unspecified atom stereocenters. The molecular weight excluding hydrogens is 398 g/mol. The second-order valence-corrected chi connectivity index (χ2v) is 12.2. The van der Waals surface area contributed by atoms with Crippen LogP contribution in [0.3, 0.4) is 0 Å². The average molecular weight is 444 g/mol. The molecule has 2 aromatic rings. The third-order valence-corrected chi connectivity index (χ3v) is 5.97. The van der Waals surface area contributed by atoms with Gasteiger partial charge >= 0.3 is 0 Å². The Bertz CT molecular complexity index is 994. The lowest BCUT2D eigenvalue weighted by molar-refractivity contribution is 0.500. The molecule has 1 aliphatic heterocycles. The Morgan fingerprint density at radius 1 is 0.667 bits per heavy atom. The fraction of sp³-hybridized carbons (Fsp3) is 0.469. The number of benzene rings is 2. The highest BCUT2D eigenvalue weighted by atomic mass is 14.8. The Hall–Kier alpha value is -2.41. The molecule has 0 aromatic heterocycles. The molecule has 0 fully saturated rings. The maximum Gasteiger partial charge on any atom is 0.0417 e. The van der Waals surface area contributed by atoms with Crippen molar-refractivity contribution in [3.05, 3.63) is 88.6 Å². The minimum atomic E-state index is 0.243. The summed E-state index contributed by atoms with van der Waals surface area (Å²) in [6, 6.07) is 17.5. The van der Waals surface area contributed by atoms with E-state index in [9.17, 15) is 0 Å². The van der Waals surface area contributed by atoms with Gasteiger partial charge in [0.2, 0.25) is 0 Å². The lowest BCUT2D eigenvalue weighted by Crippen LogP contribution is -2.10. The van der Waals surface area contributed by atoms with E-state index < -0.39 is 0 Å². The summed E-state index contributed by atoms with van der Waals surface area (Å²) in [5.41, 5.74) is 9.21. The van der Waals surface area contributed by atoms with Gasteiger partial charge in [-0.1, -0.05) is 129 Å². The van der Waals surface area contributed by atoms with Gasteiger partial charge in [0.05, 0.1) is 0 Å². The van der Waals surface area contributed by atoms with Crippen LogP contribution in [0, 0.1) is 17.8 Å². The molecule has 178 valence electrons.